The van der Waals surface area contributed by atoms with Crippen molar-refractivity contribution in [2.75, 3.05) is 20.3 Å². The molecule has 1 aliphatic heterocycles. The molecule has 0 aromatic rings. The summed E-state index contributed by atoms with van der Waals surface area (Å²) < 4.78 is 9.92. The molecule has 1 aliphatic carbocycles. The van der Waals surface area contributed by atoms with Crippen LogP contribution in [0.2, 0.25) is 0 Å². The van der Waals surface area contributed by atoms with Gasteiger partial charge in [0.05, 0.1) is 20.3 Å². The van der Waals surface area contributed by atoms with E-state index in [1.807, 2.05) is 0 Å². The summed E-state index contributed by atoms with van der Waals surface area (Å²) in [6.07, 6.45) is 2.03. The van der Waals surface area contributed by atoms with Crippen LogP contribution in [0.3, 0.4) is 0 Å². The van der Waals surface area contributed by atoms with Gasteiger partial charge in [0.15, 0.2) is 0 Å². The van der Waals surface area contributed by atoms with Crippen molar-refractivity contribution in [1.82, 2.24) is 0 Å². The van der Waals surface area contributed by atoms with Gasteiger partial charge in [0.1, 0.15) is 6.04 Å². The predicted molar refractivity (Wildman–Crippen MR) is 50.6 cm³/mol. The molecule has 80 valence electrons. The topological polar surface area (TPSA) is 61.5 Å². The molecule has 0 amide bonds. The smallest absolute Gasteiger partial charge is 0.323 e. The highest BCUT2D eigenvalue weighted by molar-refractivity contribution is 5.77. The minimum atomic E-state index is -0.485. The summed E-state index contributed by atoms with van der Waals surface area (Å²) in [7, 11) is 1.39. The van der Waals surface area contributed by atoms with Crippen molar-refractivity contribution < 1.29 is 14.3 Å². The molecule has 1 saturated heterocycles. The second-order valence-electron chi connectivity index (χ2n) is 4.71. The third-order valence-electron chi connectivity index (χ3n) is 3.88. The van der Waals surface area contributed by atoms with E-state index in [1.54, 1.807) is 0 Å². The van der Waals surface area contributed by atoms with E-state index in [9.17, 15) is 4.79 Å². The van der Waals surface area contributed by atoms with E-state index < -0.39 is 6.04 Å². The molecule has 1 unspecified atom stereocenters. The molecule has 14 heavy (non-hydrogen) atoms. The van der Waals surface area contributed by atoms with Gasteiger partial charge < -0.3 is 15.2 Å². The molecule has 2 rings (SSSR count). The Labute approximate surface area is 83.7 Å². The van der Waals surface area contributed by atoms with Crippen LogP contribution in [0.15, 0.2) is 0 Å². The molecule has 0 bridgehead atoms. The zero-order chi connectivity index (χ0) is 10.4. The molecular formula is C10H17NO3. The van der Waals surface area contributed by atoms with Crippen molar-refractivity contribution in [3.8, 4) is 0 Å². The SMILES string of the molecule is COC(=O)C(N)C1(C2(C)COC2)CC1. The number of rotatable bonds is 3. The van der Waals surface area contributed by atoms with E-state index in [0.717, 1.165) is 26.1 Å². The van der Waals surface area contributed by atoms with Gasteiger partial charge in [0.25, 0.3) is 0 Å². The van der Waals surface area contributed by atoms with Gasteiger partial charge >= 0.3 is 5.97 Å². The quantitative estimate of drug-likeness (QED) is 0.664. The van der Waals surface area contributed by atoms with Gasteiger partial charge in [-0.15, -0.1) is 0 Å². The highest BCUT2D eigenvalue weighted by atomic mass is 16.5. The molecule has 1 saturated carbocycles. The minimum absolute atomic E-state index is 0.0572. The first-order valence-electron chi connectivity index (χ1n) is 4.97. The Kier molecular flexibility index (Phi) is 2.08. The summed E-state index contributed by atoms with van der Waals surface area (Å²) in [5.74, 6) is -0.296. The molecule has 0 aromatic carbocycles. The van der Waals surface area contributed by atoms with Crippen LogP contribution in [-0.4, -0.2) is 32.3 Å². The fourth-order valence-electron chi connectivity index (χ4n) is 2.47. The number of nitrogens with two attached hydrogens (primary N) is 1. The van der Waals surface area contributed by atoms with Gasteiger partial charge in [-0.2, -0.15) is 0 Å². The largest absolute Gasteiger partial charge is 0.468 e. The maximum absolute atomic E-state index is 11.4. The van der Waals surface area contributed by atoms with Crippen molar-refractivity contribution in [2.45, 2.75) is 25.8 Å². The lowest BCUT2D eigenvalue weighted by atomic mass is 9.68. The first kappa shape index (κ1) is 9.93. The lowest BCUT2D eigenvalue weighted by Gasteiger charge is -2.46. The molecule has 2 aliphatic rings. The number of esters is 1. The van der Waals surface area contributed by atoms with Crippen LogP contribution in [0.25, 0.3) is 0 Å². The fraction of sp³-hybridized carbons (Fsp3) is 0.900. The first-order valence-corrected chi connectivity index (χ1v) is 4.97. The van der Waals surface area contributed by atoms with Gasteiger partial charge in [-0.05, 0) is 12.8 Å². The van der Waals surface area contributed by atoms with E-state index >= 15 is 0 Å². The summed E-state index contributed by atoms with van der Waals surface area (Å²) in [5.41, 5.74) is 5.96. The summed E-state index contributed by atoms with van der Waals surface area (Å²) in [4.78, 5) is 11.4. The molecule has 4 nitrogen and oxygen atoms in total. The molecule has 2 N–H and O–H groups in total. The highest BCUT2D eigenvalue weighted by Gasteiger charge is 2.65. The molecule has 0 spiro atoms. The van der Waals surface area contributed by atoms with Crippen LogP contribution in [-0.2, 0) is 14.3 Å². The second kappa shape index (κ2) is 2.94. The average molecular weight is 199 g/mol. The molecule has 0 radical (unpaired) electrons. The van der Waals surface area contributed by atoms with Gasteiger partial charge in [0, 0.05) is 10.8 Å². The minimum Gasteiger partial charge on any atom is -0.468 e. The molecule has 1 atom stereocenters. The monoisotopic (exact) mass is 199 g/mol. The van der Waals surface area contributed by atoms with Gasteiger partial charge in [-0.25, -0.2) is 0 Å². The number of carbonyl (C=O) groups excluding carboxylic acids is 1. The maximum Gasteiger partial charge on any atom is 0.323 e. The first-order chi connectivity index (χ1) is 6.56. The van der Waals surface area contributed by atoms with Crippen LogP contribution in [0.5, 0.6) is 0 Å². The number of carbonyl (C=O) groups is 1. The molecule has 0 aromatic heterocycles. The Morgan fingerprint density at radius 3 is 2.36 bits per heavy atom. The normalized spacial score (nSPS) is 28.8. The Morgan fingerprint density at radius 1 is 1.50 bits per heavy atom. The summed E-state index contributed by atoms with van der Waals surface area (Å²) >= 11 is 0. The van der Waals surface area contributed by atoms with Crippen molar-refractivity contribution in [3.05, 3.63) is 0 Å². The highest BCUT2D eigenvalue weighted by Crippen LogP contribution is 2.63. The Morgan fingerprint density at radius 2 is 2.07 bits per heavy atom. The Hall–Kier alpha value is -0.610. The number of methoxy groups -OCH3 is 1. The lowest BCUT2D eigenvalue weighted by molar-refractivity contribution is -0.165. The molecule has 1 heterocycles. The van der Waals surface area contributed by atoms with E-state index in [2.05, 4.69) is 6.92 Å². The van der Waals surface area contributed by atoms with Crippen LogP contribution in [0.4, 0.5) is 0 Å². The lowest BCUT2D eigenvalue weighted by Crippen LogP contribution is -2.56. The van der Waals surface area contributed by atoms with Crippen LogP contribution < -0.4 is 5.73 Å². The van der Waals surface area contributed by atoms with Gasteiger partial charge in [-0.3, -0.25) is 4.79 Å². The fourth-order valence-corrected chi connectivity index (χ4v) is 2.47. The predicted octanol–water partition coefficient (Wildman–Crippen LogP) is 0.303. The summed E-state index contributed by atoms with van der Waals surface area (Å²) in [6.45, 7) is 3.59. The van der Waals surface area contributed by atoms with E-state index in [0.29, 0.717) is 0 Å². The number of hydrogen-bond acceptors (Lipinski definition) is 4. The van der Waals surface area contributed by atoms with Crippen molar-refractivity contribution in [3.63, 3.8) is 0 Å². The van der Waals surface area contributed by atoms with Crippen LogP contribution in [0, 0.1) is 10.8 Å². The summed E-state index contributed by atoms with van der Waals surface area (Å²) in [6, 6.07) is -0.485. The van der Waals surface area contributed by atoms with Gasteiger partial charge in [-0.1, -0.05) is 6.92 Å². The van der Waals surface area contributed by atoms with E-state index in [4.69, 9.17) is 15.2 Å². The molecule has 4 heteroatoms. The maximum atomic E-state index is 11.4. The third-order valence-corrected chi connectivity index (χ3v) is 3.88. The zero-order valence-corrected chi connectivity index (χ0v) is 8.71. The van der Waals surface area contributed by atoms with Crippen molar-refractivity contribution in [2.24, 2.45) is 16.6 Å². The van der Waals surface area contributed by atoms with Gasteiger partial charge in [0.2, 0.25) is 0 Å². The van der Waals surface area contributed by atoms with Crippen molar-refractivity contribution >= 4 is 5.97 Å². The van der Waals surface area contributed by atoms with E-state index in [1.165, 1.54) is 7.11 Å². The van der Waals surface area contributed by atoms with E-state index in [-0.39, 0.29) is 16.8 Å². The zero-order valence-electron chi connectivity index (χ0n) is 8.71. The Balaban J connectivity index is 2.12. The Bertz CT molecular complexity index is 256. The van der Waals surface area contributed by atoms with Crippen LogP contribution >= 0.6 is 0 Å². The molecular weight excluding hydrogens is 182 g/mol. The average Bonchev–Trinajstić information content (AvgIpc) is 2.92. The third kappa shape index (κ3) is 1.10. The number of hydrogen-bond donors (Lipinski definition) is 1. The second-order valence-corrected chi connectivity index (χ2v) is 4.71. The summed E-state index contributed by atoms with van der Waals surface area (Å²) in [5, 5.41) is 0. The number of ether oxygens (including phenoxy) is 2. The standard InChI is InChI=1S/C10H17NO3/c1-9(5-14-6-9)10(3-4-10)7(11)8(12)13-2/h7H,3-6,11H2,1-2H3. The van der Waals surface area contributed by atoms with Crippen molar-refractivity contribution in [1.29, 1.82) is 0 Å². The van der Waals surface area contributed by atoms with Crippen LogP contribution in [0.1, 0.15) is 19.8 Å². The molecule has 2 fully saturated rings.